The van der Waals surface area contributed by atoms with Gasteiger partial charge in [-0.05, 0) is 12.7 Å². The van der Waals surface area contributed by atoms with Gasteiger partial charge in [-0.2, -0.15) is 0 Å². The molecule has 0 aliphatic heterocycles. The minimum Gasteiger partial charge on any atom is -0.456 e. The summed E-state index contributed by atoms with van der Waals surface area (Å²) in [6.07, 6.45) is 13.6. The van der Waals surface area contributed by atoms with Crippen LogP contribution < -0.4 is 0 Å². The Morgan fingerprint density at radius 1 is 1.45 bits per heavy atom. The number of carbonyl (C=O) groups excluding carboxylic acids is 1. The normalized spacial score (nSPS) is 17.0. The molecular formula is C10H14O. The Labute approximate surface area is 68.5 Å². The van der Waals surface area contributed by atoms with Crippen LogP contribution in [0.15, 0.2) is 0 Å². The molecule has 1 heteroatoms. The third-order valence-electron chi connectivity index (χ3n) is 1.64. The Balaban J connectivity index is 1.83. The Kier molecular flexibility index (Phi) is 3.75. The van der Waals surface area contributed by atoms with Crippen LogP contribution in [0.25, 0.3) is 0 Å². The van der Waals surface area contributed by atoms with Crippen molar-refractivity contribution in [2.45, 2.75) is 32.1 Å². The SMILES string of the molecule is C#CCCCC[O+]=[C-]C1CC1. The first-order valence-electron chi connectivity index (χ1n) is 4.24. The second kappa shape index (κ2) is 4.96. The van der Waals surface area contributed by atoms with Crippen molar-refractivity contribution in [2.24, 2.45) is 5.92 Å². The van der Waals surface area contributed by atoms with E-state index in [1.54, 1.807) is 0 Å². The van der Waals surface area contributed by atoms with Crippen LogP contribution in [0.4, 0.5) is 0 Å². The Morgan fingerprint density at radius 3 is 2.91 bits per heavy atom. The van der Waals surface area contributed by atoms with Gasteiger partial charge in [0, 0.05) is 12.8 Å². The zero-order valence-corrected chi connectivity index (χ0v) is 6.81. The highest BCUT2D eigenvalue weighted by atomic mass is 16.4. The molecule has 0 amide bonds. The summed E-state index contributed by atoms with van der Waals surface area (Å²) in [7, 11) is 0. The minimum atomic E-state index is 0.641. The van der Waals surface area contributed by atoms with Gasteiger partial charge in [-0.25, -0.2) is 0 Å². The topological polar surface area (TPSA) is 11.3 Å². The lowest BCUT2D eigenvalue weighted by molar-refractivity contribution is 0.100. The summed E-state index contributed by atoms with van der Waals surface area (Å²) in [4.78, 5) is 0. The highest BCUT2D eigenvalue weighted by molar-refractivity contribution is 5.58. The minimum absolute atomic E-state index is 0.641. The largest absolute Gasteiger partial charge is 0.456 e. The van der Waals surface area contributed by atoms with E-state index in [4.69, 9.17) is 10.8 Å². The maximum Gasteiger partial charge on any atom is 0.218 e. The predicted molar refractivity (Wildman–Crippen MR) is 46.0 cm³/mol. The molecule has 0 aromatic heterocycles. The average molecular weight is 150 g/mol. The van der Waals surface area contributed by atoms with Crippen LogP contribution in [0.3, 0.4) is 0 Å². The molecule has 0 aromatic carbocycles. The summed E-state index contributed by atoms with van der Waals surface area (Å²) in [5.74, 6) is 3.25. The highest BCUT2D eigenvalue weighted by Gasteiger charge is 2.13. The van der Waals surface area contributed by atoms with E-state index in [-0.39, 0.29) is 0 Å². The Hall–Kier alpha value is -0.770. The zero-order chi connectivity index (χ0) is 7.94. The van der Waals surface area contributed by atoms with Crippen LogP contribution in [-0.2, 0) is 4.42 Å². The molecule has 1 rings (SSSR count). The first-order chi connectivity index (χ1) is 5.43. The fraction of sp³-hybridized carbons (Fsp3) is 0.700. The highest BCUT2D eigenvalue weighted by Crippen LogP contribution is 2.25. The molecule has 1 saturated carbocycles. The summed E-state index contributed by atoms with van der Waals surface area (Å²) in [6.45, 7) is 0.790. The molecule has 0 saturated heterocycles. The van der Waals surface area contributed by atoms with Crippen molar-refractivity contribution in [1.82, 2.24) is 0 Å². The monoisotopic (exact) mass is 150 g/mol. The molecule has 1 aliphatic rings. The van der Waals surface area contributed by atoms with Crippen LogP contribution in [-0.4, -0.2) is 12.9 Å². The lowest BCUT2D eigenvalue weighted by Crippen LogP contribution is -1.88. The van der Waals surface area contributed by atoms with Crippen molar-refractivity contribution < 1.29 is 4.42 Å². The molecule has 0 aromatic rings. The smallest absolute Gasteiger partial charge is 0.218 e. The molecule has 1 aliphatic carbocycles. The summed E-state index contributed by atoms with van der Waals surface area (Å²) < 4.78 is 5.19. The molecule has 0 heterocycles. The number of unbranched alkanes of at least 4 members (excludes halogenated alkanes) is 2. The molecule has 0 N–H and O–H groups in total. The summed E-state index contributed by atoms with van der Waals surface area (Å²) >= 11 is 0. The predicted octanol–water partition coefficient (Wildman–Crippen LogP) is 1.85. The van der Waals surface area contributed by atoms with Crippen LogP contribution >= 0.6 is 0 Å². The van der Waals surface area contributed by atoms with Crippen LogP contribution in [0.1, 0.15) is 32.1 Å². The first kappa shape index (κ1) is 8.33. The lowest BCUT2D eigenvalue weighted by Gasteiger charge is -1.89. The van der Waals surface area contributed by atoms with Crippen molar-refractivity contribution in [1.29, 1.82) is 0 Å². The standard InChI is InChI=1S/C10H14O/c1-2-3-4-5-8-11-9-10-6-7-10/h1,10H,3-8H2. The molecule has 0 atom stereocenters. The van der Waals surface area contributed by atoms with Gasteiger partial charge in [-0.3, -0.25) is 0 Å². The van der Waals surface area contributed by atoms with Gasteiger partial charge in [0.2, 0.25) is 6.61 Å². The third kappa shape index (κ3) is 4.61. The summed E-state index contributed by atoms with van der Waals surface area (Å²) in [5.41, 5.74) is 0. The molecule has 0 spiro atoms. The summed E-state index contributed by atoms with van der Waals surface area (Å²) in [5, 5.41) is 0. The molecular weight excluding hydrogens is 136 g/mol. The van der Waals surface area contributed by atoms with E-state index in [2.05, 4.69) is 12.2 Å². The van der Waals surface area contributed by atoms with Gasteiger partial charge in [0.05, 0.1) is 0 Å². The second-order valence-corrected chi connectivity index (χ2v) is 2.90. The van der Waals surface area contributed by atoms with Crippen molar-refractivity contribution in [3.8, 4) is 12.3 Å². The molecule has 1 fully saturated rings. The van der Waals surface area contributed by atoms with E-state index in [9.17, 15) is 0 Å². The summed E-state index contributed by atoms with van der Waals surface area (Å²) in [6, 6.07) is 0. The van der Waals surface area contributed by atoms with Crippen LogP contribution in [0.2, 0.25) is 0 Å². The molecule has 60 valence electrons. The van der Waals surface area contributed by atoms with Gasteiger partial charge in [0.1, 0.15) is 0 Å². The van der Waals surface area contributed by atoms with Crippen molar-refractivity contribution >= 4 is 6.29 Å². The molecule has 11 heavy (non-hydrogen) atoms. The number of hydrogen-bond donors (Lipinski definition) is 0. The fourth-order valence-electron chi connectivity index (χ4n) is 0.779. The molecule has 0 unspecified atom stereocenters. The van der Waals surface area contributed by atoms with Crippen LogP contribution in [0.5, 0.6) is 0 Å². The third-order valence-corrected chi connectivity index (χ3v) is 1.64. The second-order valence-electron chi connectivity index (χ2n) is 2.90. The van der Waals surface area contributed by atoms with E-state index >= 15 is 0 Å². The maximum atomic E-state index is 5.19. The van der Waals surface area contributed by atoms with Crippen molar-refractivity contribution in [3.63, 3.8) is 0 Å². The van der Waals surface area contributed by atoms with Crippen LogP contribution in [0, 0.1) is 18.3 Å². The molecule has 0 bridgehead atoms. The van der Waals surface area contributed by atoms with Gasteiger partial charge in [0.15, 0.2) is 0 Å². The van der Waals surface area contributed by atoms with Crippen molar-refractivity contribution in [3.05, 3.63) is 0 Å². The van der Waals surface area contributed by atoms with E-state index in [1.165, 1.54) is 12.8 Å². The van der Waals surface area contributed by atoms with E-state index in [1.807, 2.05) is 0 Å². The lowest BCUT2D eigenvalue weighted by atomic mass is 10.2. The van der Waals surface area contributed by atoms with Gasteiger partial charge < -0.3 is 4.42 Å². The van der Waals surface area contributed by atoms with Crippen molar-refractivity contribution in [2.75, 3.05) is 6.61 Å². The first-order valence-corrected chi connectivity index (χ1v) is 4.24. The van der Waals surface area contributed by atoms with Gasteiger partial charge >= 0.3 is 0 Å². The Morgan fingerprint density at radius 2 is 2.27 bits per heavy atom. The molecule has 1 nitrogen and oxygen atoms in total. The van der Waals surface area contributed by atoms with Gasteiger partial charge in [0.25, 0.3) is 0 Å². The van der Waals surface area contributed by atoms with Gasteiger partial charge in [-0.1, -0.05) is 18.8 Å². The number of terminal acetylenes is 1. The quantitative estimate of drug-likeness (QED) is 0.245. The van der Waals surface area contributed by atoms with E-state index < -0.39 is 0 Å². The fourth-order valence-corrected chi connectivity index (χ4v) is 0.779. The zero-order valence-electron chi connectivity index (χ0n) is 6.81. The van der Waals surface area contributed by atoms with Gasteiger partial charge in [-0.15, -0.1) is 12.3 Å². The average Bonchev–Trinajstić information content (AvgIpc) is 2.80. The Bertz CT molecular complexity index is 160. The maximum absolute atomic E-state index is 5.19. The van der Waals surface area contributed by atoms with E-state index in [0.29, 0.717) is 5.92 Å². The van der Waals surface area contributed by atoms with E-state index in [0.717, 1.165) is 25.9 Å². The molecule has 0 radical (unpaired) electrons. The number of rotatable bonds is 5. The number of hydrogen-bond acceptors (Lipinski definition) is 0.